The number of benzene rings is 2. The molecule has 0 aliphatic rings. The number of nitrogens with zero attached hydrogens (tertiary/aromatic N) is 1. The molecule has 0 radical (unpaired) electrons. The van der Waals surface area contributed by atoms with Gasteiger partial charge in [0.25, 0.3) is 0 Å². The minimum absolute atomic E-state index is 0.0837. The van der Waals surface area contributed by atoms with Gasteiger partial charge in [-0.25, -0.2) is 4.39 Å². The van der Waals surface area contributed by atoms with Gasteiger partial charge in [-0.1, -0.05) is 35.3 Å². The van der Waals surface area contributed by atoms with Crippen molar-refractivity contribution in [2.45, 2.75) is 19.4 Å². The molecule has 4 nitrogen and oxygen atoms in total. The first-order valence-electron chi connectivity index (χ1n) is 8.30. The van der Waals surface area contributed by atoms with Crippen molar-refractivity contribution in [3.63, 3.8) is 0 Å². The van der Waals surface area contributed by atoms with Crippen LogP contribution in [-0.4, -0.2) is 31.3 Å². The Morgan fingerprint density at radius 2 is 1.89 bits per heavy atom. The number of aldehydes is 1. The third-order valence-corrected chi connectivity index (χ3v) is 4.95. The summed E-state index contributed by atoms with van der Waals surface area (Å²) in [6.07, 6.45) is 1.16. The van der Waals surface area contributed by atoms with Gasteiger partial charge in [0.1, 0.15) is 6.29 Å². The van der Waals surface area contributed by atoms with E-state index < -0.39 is 11.7 Å². The van der Waals surface area contributed by atoms with Crippen LogP contribution in [0.2, 0.25) is 10.0 Å². The van der Waals surface area contributed by atoms with Gasteiger partial charge in [0, 0.05) is 25.9 Å². The molecular formula is C20H20Cl2FNO3. The van der Waals surface area contributed by atoms with Crippen LogP contribution in [0.15, 0.2) is 36.4 Å². The van der Waals surface area contributed by atoms with E-state index in [9.17, 15) is 14.0 Å². The number of hydrogen-bond acceptors (Lipinski definition) is 3. The fourth-order valence-electron chi connectivity index (χ4n) is 2.81. The van der Waals surface area contributed by atoms with E-state index in [0.29, 0.717) is 22.0 Å². The van der Waals surface area contributed by atoms with E-state index in [1.165, 1.54) is 24.1 Å². The highest BCUT2D eigenvalue weighted by molar-refractivity contribution is 6.42. The molecule has 0 saturated carbocycles. The number of halogens is 3. The summed E-state index contributed by atoms with van der Waals surface area (Å²) >= 11 is 11.9. The molecule has 2 rings (SSSR count). The number of carbonyl (C=O) groups is 2. The number of methoxy groups -OCH3 is 1. The summed E-state index contributed by atoms with van der Waals surface area (Å²) in [5.41, 5.74) is 1.44. The van der Waals surface area contributed by atoms with Gasteiger partial charge in [0.15, 0.2) is 11.6 Å². The smallest absolute Gasteiger partial charge is 0.226 e. The maximum absolute atomic E-state index is 13.8. The largest absolute Gasteiger partial charge is 0.494 e. The van der Waals surface area contributed by atoms with Gasteiger partial charge in [-0.3, -0.25) is 4.79 Å². The second-order valence-corrected chi connectivity index (χ2v) is 7.03. The highest BCUT2D eigenvalue weighted by Crippen LogP contribution is 2.25. The van der Waals surface area contributed by atoms with Crippen molar-refractivity contribution >= 4 is 35.4 Å². The lowest BCUT2D eigenvalue weighted by Gasteiger charge is -2.23. The molecule has 2 aromatic rings. The summed E-state index contributed by atoms with van der Waals surface area (Å²) < 4.78 is 18.7. The number of hydrogen-bond donors (Lipinski definition) is 0. The molecule has 1 atom stereocenters. The molecule has 2 aromatic carbocycles. The highest BCUT2D eigenvalue weighted by atomic mass is 35.5. The Bertz CT molecular complexity index is 829. The first-order chi connectivity index (χ1) is 12.8. The molecule has 1 unspecified atom stereocenters. The Labute approximate surface area is 167 Å². The van der Waals surface area contributed by atoms with Crippen LogP contribution >= 0.6 is 23.2 Å². The quantitative estimate of drug-likeness (QED) is 0.598. The molecule has 1 amide bonds. The number of amides is 1. The van der Waals surface area contributed by atoms with Gasteiger partial charge >= 0.3 is 0 Å². The second kappa shape index (κ2) is 9.72. The van der Waals surface area contributed by atoms with Crippen LogP contribution in [0.5, 0.6) is 5.75 Å². The van der Waals surface area contributed by atoms with Gasteiger partial charge in [-0.2, -0.15) is 0 Å². The number of ether oxygens (including phenoxy) is 1. The van der Waals surface area contributed by atoms with Gasteiger partial charge < -0.3 is 14.4 Å². The highest BCUT2D eigenvalue weighted by Gasteiger charge is 2.23. The first kappa shape index (κ1) is 21.2. The molecule has 0 heterocycles. The van der Waals surface area contributed by atoms with Gasteiger partial charge in [-0.05, 0) is 41.8 Å². The van der Waals surface area contributed by atoms with Crippen LogP contribution in [0, 0.1) is 11.7 Å². The predicted molar refractivity (Wildman–Crippen MR) is 104 cm³/mol. The minimum Gasteiger partial charge on any atom is -0.494 e. The van der Waals surface area contributed by atoms with Crippen LogP contribution in [0.25, 0.3) is 0 Å². The lowest BCUT2D eigenvalue weighted by Crippen LogP contribution is -2.34. The van der Waals surface area contributed by atoms with Crippen molar-refractivity contribution in [1.29, 1.82) is 0 Å². The molecular weight excluding hydrogens is 392 g/mol. The van der Waals surface area contributed by atoms with Crippen molar-refractivity contribution in [2.24, 2.45) is 5.92 Å². The lowest BCUT2D eigenvalue weighted by molar-refractivity contribution is -0.136. The number of rotatable bonds is 8. The summed E-state index contributed by atoms with van der Waals surface area (Å²) in [5.74, 6) is -1.08. The topological polar surface area (TPSA) is 46.6 Å². The second-order valence-electron chi connectivity index (χ2n) is 6.22. The Morgan fingerprint density at radius 1 is 1.19 bits per heavy atom. The molecule has 0 spiro atoms. The van der Waals surface area contributed by atoms with Crippen molar-refractivity contribution in [1.82, 2.24) is 4.90 Å². The maximum Gasteiger partial charge on any atom is 0.226 e. The van der Waals surface area contributed by atoms with Crippen molar-refractivity contribution in [2.75, 3.05) is 14.2 Å². The summed E-state index contributed by atoms with van der Waals surface area (Å²) in [6.45, 7) is 0.219. The van der Waals surface area contributed by atoms with Crippen LogP contribution in [0.1, 0.15) is 17.5 Å². The van der Waals surface area contributed by atoms with E-state index >= 15 is 0 Å². The summed E-state index contributed by atoms with van der Waals surface area (Å²) in [7, 11) is 3.01. The monoisotopic (exact) mass is 411 g/mol. The van der Waals surface area contributed by atoms with E-state index in [-0.39, 0.29) is 24.6 Å². The fourth-order valence-corrected chi connectivity index (χ4v) is 3.13. The van der Waals surface area contributed by atoms with Crippen molar-refractivity contribution < 1.29 is 18.7 Å². The zero-order chi connectivity index (χ0) is 20.0. The fraction of sp³-hybridized carbons (Fsp3) is 0.300. The van der Waals surface area contributed by atoms with Gasteiger partial charge in [0.2, 0.25) is 5.91 Å². The zero-order valence-corrected chi connectivity index (χ0v) is 16.6. The standard InChI is InChI=1S/C20H20Cl2FNO3/c1-24(12-14-4-6-19(27-2)18(23)11-14)20(26)15(7-8-25)9-13-3-5-16(21)17(22)10-13/h3-6,8,10-11,15H,7,9,12H2,1-2H3. The minimum atomic E-state index is -0.534. The van der Waals surface area contributed by atoms with E-state index in [0.717, 1.165) is 11.8 Å². The van der Waals surface area contributed by atoms with Crippen LogP contribution < -0.4 is 4.74 Å². The van der Waals surface area contributed by atoms with E-state index in [1.807, 2.05) is 0 Å². The molecule has 0 fully saturated rings. The molecule has 0 bridgehead atoms. The number of carbonyl (C=O) groups excluding carboxylic acids is 2. The SMILES string of the molecule is COc1ccc(CN(C)C(=O)C(CC=O)Cc2ccc(Cl)c(Cl)c2)cc1F. The molecule has 144 valence electrons. The van der Waals surface area contributed by atoms with E-state index in [1.54, 1.807) is 31.3 Å². The Balaban J connectivity index is 2.11. The van der Waals surface area contributed by atoms with Crippen LogP contribution in [0.3, 0.4) is 0 Å². The molecule has 0 saturated heterocycles. The molecule has 0 aromatic heterocycles. The predicted octanol–water partition coefficient (Wildman–Crippen LogP) is 4.55. The Morgan fingerprint density at radius 3 is 2.48 bits per heavy atom. The third-order valence-electron chi connectivity index (χ3n) is 4.21. The average molecular weight is 412 g/mol. The third kappa shape index (κ3) is 5.68. The molecule has 27 heavy (non-hydrogen) atoms. The van der Waals surface area contributed by atoms with E-state index in [2.05, 4.69) is 0 Å². The van der Waals surface area contributed by atoms with Gasteiger partial charge in [0.05, 0.1) is 17.2 Å². The zero-order valence-electron chi connectivity index (χ0n) is 15.0. The summed E-state index contributed by atoms with van der Waals surface area (Å²) in [4.78, 5) is 25.3. The molecule has 0 N–H and O–H groups in total. The first-order valence-corrected chi connectivity index (χ1v) is 9.06. The molecule has 0 aliphatic heterocycles. The van der Waals surface area contributed by atoms with Crippen LogP contribution in [0.4, 0.5) is 4.39 Å². The molecule has 7 heteroatoms. The Hall–Kier alpha value is -2.11. The van der Waals surface area contributed by atoms with Crippen molar-refractivity contribution in [3.05, 3.63) is 63.4 Å². The summed E-state index contributed by atoms with van der Waals surface area (Å²) in [6, 6.07) is 9.66. The van der Waals surface area contributed by atoms with Crippen molar-refractivity contribution in [3.8, 4) is 5.75 Å². The maximum atomic E-state index is 13.8. The molecule has 0 aliphatic carbocycles. The van der Waals surface area contributed by atoms with Crippen LogP contribution in [-0.2, 0) is 22.6 Å². The van der Waals surface area contributed by atoms with Gasteiger partial charge in [-0.15, -0.1) is 0 Å². The normalized spacial score (nSPS) is 11.7. The lowest BCUT2D eigenvalue weighted by atomic mass is 9.95. The summed E-state index contributed by atoms with van der Waals surface area (Å²) in [5, 5.41) is 0.825. The average Bonchev–Trinajstić information content (AvgIpc) is 2.64. The Kier molecular flexibility index (Phi) is 7.63. The van der Waals surface area contributed by atoms with E-state index in [4.69, 9.17) is 27.9 Å².